The van der Waals surface area contributed by atoms with Gasteiger partial charge >= 0.3 is 0 Å². The zero-order valence-electron chi connectivity index (χ0n) is 11.7. The van der Waals surface area contributed by atoms with Gasteiger partial charge in [0.15, 0.2) is 0 Å². The molecule has 1 aliphatic rings. The van der Waals surface area contributed by atoms with E-state index in [-0.39, 0.29) is 4.90 Å². The number of aliphatic hydroxyl groups is 1. The highest BCUT2D eigenvalue weighted by Gasteiger charge is 2.31. The summed E-state index contributed by atoms with van der Waals surface area (Å²) in [5, 5.41) is 14.1. The second-order valence-electron chi connectivity index (χ2n) is 5.14. The van der Waals surface area contributed by atoms with Crippen LogP contribution < -0.4 is 4.31 Å². The Bertz CT molecular complexity index is 754. The number of rotatable bonds is 2. The summed E-state index contributed by atoms with van der Waals surface area (Å²) < 4.78 is 28.5. The van der Waals surface area contributed by atoms with Gasteiger partial charge in [-0.25, -0.2) is 8.42 Å². The molecule has 0 fully saturated rings. The van der Waals surface area contributed by atoms with Crippen LogP contribution in [0.4, 0.5) is 5.69 Å². The predicted molar refractivity (Wildman–Crippen MR) is 78.4 cm³/mol. The van der Waals surface area contributed by atoms with Crippen molar-refractivity contribution in [2.75, 3.05) is 10.8 Å². The summed E-state index contributed by atoms with van der Waals surface area (Å²) in [4.78, 5) is 0.163. The molecule has 1 atom stereocenters. The molecule has 1 aromatic heterocycles. The largest absolute Gasteiger partial charge is 0.388 e. The Morgan fingerprint density at radius 1 is 1.33 bits per heavy atom. The molecule has 1 N–H and O–H groups in total. The number of nitrogens with zero attached hydrogens (tertiary/aromatic N) is 3. The number of sulfonamides is 1. The summed E-state index contributed by atoms with van der Waals surface area (Å²) in [5.41, 5.74) is 1.20. The van der Waals surface area contributed by atoms with E-state index in [1.54, 1.807) is 25.2 Å². The maximum absolute atomic E-state index is 12.8. The van der Waals surface area contributed by atoms with Crippen LogP contribution in [0.5, 0.6) is 0 Å². The second-order valence-corrected chi connectivity index (χ2v) is 7.01. The molecule has 0 saturated heterocycles. The van der Waals surface area contributed by atoms with E-state index in [9.17, 15) is 13.5 Å². The van der Waals surface area contributed by atoms with Crippen LogP contribution in [-0.4, -0.2) is 29.8 Å². The molecule has 0 aliphatic carbocycles. The van der Waals surface area contributed by atoms with E-state index in [0.29, 0.717) is 30.6 Å². The average molecular weight is 307 g/mol. The fourth-order valence-corrected chi connectivity index (χ4v) is 4.12. The molecule has 6 nitrogen and oxygen atoms in total. The third-order valence-corrected chi connectivity index (χ3v) is 5.44. The first-order valence-electron chi connectivity index (χ1n) is 6.78. The van der Waals surface area contributed by atoms with Gasteiger partial charge in [0.05, 0.1) is 18.0 Å². The molecule has 1 unspecified atom stereocenters. The van der Waals surface area contributed by atoms with Crippen LogP contribution in [0.1, 0.15) is 24.5 Å². The standard InChI is InChI=1S/C14H17N3O3S/c1-16-10-11(9-15-16)21(19,20)17-8-4-7-14(18)12-5-2-3-6-13(12)17/h2-3,5-6,9-10,14,18H,4,7-8H2,1H3. The summed E-state index contributed by atoms with van der Waals surface area (Å²) in [5.74, 6) is 0. The van der Waals surface area contributed by atoms with Crippen LogP contribution >= 0.6 is 0 Å². The normalized spacial score (nSPS) is 19.1. The molecule has 3 rings (SSSR count). The lowest BCUT2D eigenvalue weighted by Crippen LogP contribution is -2.31. The molecule has 2 aromatic rings. The first-order chi connectivity index (χ1) is 10.00. The van der Waals surface area contributed by atoms with Crippen LogP contribution in [-0.2, 0) is 17.1 Å². The molecular weight excluding hydrogens is 290 g/mol. The molecule has 21 heavy (non-hydrogen) atoms. The highest BCUT2D eigenvalue weighted by Crippen LogP contribution is 2.35. The molecule has 0 amide bonds. The van der Waals surface area contributed by atoms with Gasteiger partial charge < -0.3 is 5.11 Å². The molecule has 1 aromatic carbocycles. The van der Waals surface area contributed by atoms with Gasteiger partial charge in [-0.05, 0) is 18.9 Å². The maximum Gasteiger partial charge on any atom is 0.267 e. The number of hydrogen-bond donors (Lipinski definition) is 1. The number of aliphatic hydroxyl groups excluding tert-OH is 1. The van der Waals surface area contributed by atoms with Crippen LogP contribution in [0.15, 0.2) is 41.6 Å². The molecule has 1 aliphatic heterocycles. The highest BCUT2D eigenvalue weighted by molar-refractivity contribution is 7.92. The Hall–Kier alpha value is -1.86. The van der Waals surface area contributed by atoms with Crippen molar-refractivity contribution in [3.8, 4) is 0 Å². The summed E-state index contributed by atoms with van der Waals surface area (Å²) in [6.07, 6.45) is 3.36. The summed E-state index contributed by atoms with van der Waals surface area (Å²) in [6.45, 7) is 0.352. The molecule has 112 valence electrons. The number of aromatic nitrogens is 2. The van der Waals surface area contributed by atoms with Crippen molar-refractivity contribution < 1.29 is 13.5 Å². The van der Waals surface area contributed by atoms with E-state index in [4.69, 9.17) is 0 Å². The van der Waals surface area contributed by atoms with Crippen molar-refractivity contribution >= 4 is 15.7 Å². The molecule has 0 spiro atoms. The Morgan fingerprint density at radius 2 is 2.10 bits per heavy atom. The Labute approximate surface area is 123 Å². The van der Waals surface area contributed by atoms with Crippen LogP contribution in [0.2, 0.25) is 0 Å². The monoisotopic (exact) mass is 307 g/mol. The zero-order valence-corrected chi connectivity index (χ0v) is 12.5. The quantitative estimate of drug-likeness (QED) is 0.911. The molecule has 7 heteroatoms. The van der Waals surface area contributed by atoms with Gasteiger partial charge in [0.25, 0.3) is 10.0 Å². The lowest BCUT2D eigenvalue weighted by Gasteiger charge is -2.24. The van der Waals surface area contributed by atoms with Gasteiger partial charge in [0.1, 0.15) is 4.90 Å². The minimum atomic E-state index is -3.66. The molecule has 0 bridgehead atoms. The summed E-state index contributed by atoms with van der Waals surface area (Å²) >= 11 is 0. The fourth-order valence-electron chi connectivity index (χ4n) is 2.61. The molecule has 2 heterocycles. The first-order valence-corrected chi connectivity index (χ1v) is 8.22. The van der Waals surface area contributed by atoms with E-state index in [2.05, 4.69) is 5.10 Å². The minimum Gasteiger partial charge on any atom is -0.388 e. The van der Waals surface area contributed by atoms with Gasteiger partial charge in [-0.3, -0.25) is 8.99 Å². The number of hydrogen-bond acceptors (Lipinski definition) is 4. The average Bonchev–Trinajstić information content (AvgIpc) is 2.83. The summed E-state index contributed by atoms with van der Waals surface area (Å²) in [6, 6.07) is 7.10. The lowest BCUT2D eigenvalue weighted by molar-refractivity contribution is 0.168. The third-order valence-electron chi connectivity index (χ3n) is 3.67. The van der Waals surface area contributed by atoms with Crippen molar-refractivity contribution in [2.24, 2.45) is 7.05 Å². The minimum absolute atomic E-state index is 0.163. The van der Waals surface area contributed by atoms with Crippen molar-refractivity contribution in [1.29, 1.82) is 0 Å². The van der Waals surface area contributed by atoms with Crippen molar-refractivity contribution in [2.45, 2.75) is 23.8 Å². The Morgan fingerprint density at radius 3 is 2.81 bits per heavy atom. The lowest BCUT2D eigenvalue weighted by atomic mass is 10.1. The van der Waals surface area contributed by atoms with E-state index in [1.165, 1.54) is 21.4 Å². The van der Waals surface area contributed by atoms with E-state index in [1.807, 2.05) is 6.07 Å². The highest BCUT2D eigenvalue weighted by atomic mass is 32.2. The van der Waals surface area contributed by atoms with Crippen molar-refractivity contribution in [3.63, 3.8) is 0 Å². The number of aryl methyl sites for hydroxylation is 1. The molecular formula is C14H17N3O3S. The van der Waals surface area contributed by atoms with Crippen molar-refractivity contribution in [1.82, 2.24) is 9.78 Å². The van der Waals surface area contributed by atoms with Crippen LogP contribution in [0.25, 0.3) is 0 Å². The van der Waals surface area contributed by atoms with E-state index < -0.39 is 16.1 Å². The van der Waals surface area contributed by atoms with Gasteiger partial charge in [0.2, 0.25) is 0 Å². The van der Waals surface area contributed by atoms with Gasteiger partial charge in [0, 0.05) is 25.4 Å². The number of benzene rings is 1. The molecule has 0 saturated carbocycles. The van der Waals surface area contributed by atoms with Gasteiger partial charge in [-0.1, -0.05) is 18.2 Å². The second kappa shape index (κ2) is 5.16. The van der Waals surface area contributed by atoms with Gasteiger partial charge in [-0.15, -0.1) is 0 Å². The summed E-state index contributed by atoms with van der Waals surface area (Å²) in [7, 11) is -1.98. The van der Waals surface area contributed by atoms with Crippen molar-refractivity contribution in [3.05, 3.63) is 42.2 Å². The van der Waals surface area contributed by atoms with E-state index >= 15 is 0 Å². The topological polar surface area (TPSA) is 75.4 Å². The van der Waals surface area contributed by atoms with Crippen LogP contribution in [0.3, 0.4) is 0 Å². The number of anilines is 1. The van der Waals surface area contributed by atoms with Crippen LogP contribution in [0, 0.1) is 0 Å². The number of para-hydroxylation sites is 1. The fraction of sp³-hybridized carbons (Fsp3) is 0.357. The maximum atomic E-state index is 12.8. The van der Waals surface area contributed by atoms with E-state index in [0.717, 1.165) is 0 Å². The Kier molecular flexibility index (Phi) is 3.46. The first kappa shape index (κ1) is 14.1. The smallest absolute Gasteiger partial charge is 0.267 e. The third kappa shape index (κ3) is 2.43. The van der Waals surface area contributed by atoms with Gasteiger partial charge in [-0.2, -0.15) is 5.10 Å². The number of fused-ring (bicyclic) bond motifs is 1. The SMILES string of the molecule is Cn1cc(S(=O)(=O)N2CCCC(O)c3ccccc32)cn1. The Balaban J connectivity index is 2.12. The zero-order chi connectivity index (χ0) is 15.0. The predicted octanol–water partition coefficient (Wildman–Crippen LogP) is 1.44. The molecule has 0 radical (unpaired) electrons.